The second kappa shape index (κ2) is 5.58. The molecule has 1 unspecified atom stereocenters. The number of hydrogen-bond acceptors (Lipinski definition) is 4. The second-order valence-corrected chi connectivity index (χ2v) is 4.94. The van der Waals surface area contributed by atoms with Gasteiger partial charge in [-0.2, -0.15) is 0 Å². The van der Waals surface area contributed by atoms with Gasteiger partial charge in [-0.15, -0.1) is 0 Å². The number of aliphatic hydroxyl groups is 1. The molecule has 94 valence electrons. The van der Waals surface area contributed by atoms with Crippen molar-refractivity contribution in [3.8, 4) is 0 Å². The molecule has 1 saturated carbocycles. The average molecular weight is 235 g/mol. The van der Waals surface area contributed by atoms with Gasteiger partial charge in [0.25, 0.3) is 0 Å². The van der Waals surface area contributed by atoms with Crippen LogP contribution in [0.5, 0.6) is 0 Å². The summed E-state index contributed by atoms with van der Waals surface area (Å²) in [6.07, 6.45) is 3.56. The molecule has 1 aromatic heterocycles. The highest BCUT2D eigenvalue weighted by atomic mass is 16.3. The molecule has 0 saturated heterocycles. The highest BCUT2D eigenvalue weighted by molar-refractivity contribution is 5.09. The Labute approximate surface area is 102 Å². The highest BCUT2D eigenvalue weighted by Crippen LogP contribution is 2.29. The lowest BCUT2D eigenvalue weighted by Gasteiger charge is -2.37. The van der Waals surface area contributed by atoms with Crippen LogP contribution in [0.2, 0.25) is 0 Å². The smallest absolute Gasteiger partial charge is 0.0642 e. The van der Waals surface area contributed by atoms with Gasteiger partial charge in [-0.25, -0.2) is 0 Å². The second-order valence-electron chi connectivity index (χ2n) is 4.94. The molecule has 0 radical (unpaired) electrons. The number of hydrogen-bond donors (Lipinski definition) is 2. The number of nitrogens with two attached hydrogens (primary N) is 1. The normalized spacial score (nSPS) is 25.6. The number of likely N-dealkylation sites (N-methyl/N-ethyl adjacent to an activating group) is 1. The van der Waals surface area contributed by atoms with E-state index in [1.54, 1.807) is 6.20 Å². The number of aliphatic hydroxyl groups excluding tert-OH is 1. The molecule has 4 nitrogen and oxygen atoms in total. The van der Waals surface area contributed by atoms with E-state index in [0.29, 0.717) is 12.5 Å². The number of pyridine rings is 1. The number of aromatic nitrogens is 1. The van der Waals surface area contributed by atoms with Crippen molar-refractivity contribution in [2.45, 2.75) is 25.0 Å². The quantitative estimate of drug-likeness (QED) is 0.792. The molecular weight excluding hydrogens is 214 g/mol. The van der Waals surface area contributed by atoms with Crippen molar-refractivity contribution in [1.29, 1.82) is 0 Å². The van der Waals surface area contributed by atoms with Crippen LogP contribution in [0.15, 0.2) is 24.4 Å². The van der Waals surface area contributed by atoms with Crippen LogP contribution in [0.25, 0.3) is 0 Å². The van der Waals surface area contributed by atoms with Gasteiger partial charge in [0.05, 0.1) is 17.8 Å². The first-order valence-electron chi connectivity index (χ1n) is 6.20. The first kappa shape index (κ1) is 12.5. The van der Waals surface area contributed by atoms with E-state index in [2.05, 4.69) is 16.9 Å². The summed E-state index contributed by atoms with van der Waals surface area (Å²) < 4.78 is 0. The Morgan fingerprint density at radius 2 is 2.29 bits per heavy atom. The SMILES string of the molecule is CN(CC1CC(O)C1)C(CN)c1ccccn1. The predicted octanol–water partition coefficient (Wildman–Crippen LogP) is 0.784. The lowest BCUT2D eigenvalue weighted by atomic mass is 9.82. The van der Waals surface area contributed by atoms with Crippen molar-refractivity contribution < 1.29 is 5.11 Å². The molecule has 0 spiro atoms. The molecule has 1 aliphatic carbocycles. The molecule has 0 aromatic carbocycles. The summed E-state index contributed by atoms with van der Waals surface area (Å²) in [5.74, 6) is 0.604. The lowest BCUT2D eigenvalue weighted by Crippen LogP contribution is -2.40. The molecule has 2 rings (SSSR count). The van der Waals surface area contributed by atoms with Crippen molar-refractivity contribution in [2.24, 2.45) is 11.7 Å². The van der Waals surface area contributed by atoms with Crippen LogP contribution < -0.4 is 5.73 Å². The van der Waals surface area contributed by atoms with Gasteiger partial charge in [-0.05, 0) is 37.9 Å². The highest BCUT2D eigenvalue weighted by Gasteiger charge is 2.29. The van der Waals surface area contributed by atoms with Crippen LogP contribution in [0.1, 0.15) is 24.6 Å². The van der Waals surface area contributed by atoms with E-state index in [9.17, 15) is 5.11 Å². The van der Waals surface area contributed by atoms with Gasteiger partial charge in [0, 0.05) is 19.3 Å². The lowest BCUT2D eigenvalue weighted by molar-refractivity contribution is 0.0221. The van der Waals surface area contributed by atoms with Crippen LogP contribution in [0.3, 0.4) is 0 Å². The van der Waals surface area contributed by atoms with Gasteiger partial charge in [-0.3, -0.25) is 9.88 Å². The summed E-state index contributed by atoms with van der Waals surface area (Å²) in [7, 11) is 2.08. The van der Waals surface area contributed by atoms with Gasteiger partial charge in [0.15, 0.2) is 0 Å². The monoisotopic (exact) mass is 235 g/mol. The first-order valence-corrected chi connectivity index (χ1v) is 6.20. The molecule has 1 aromatic rings. The minimum Gasteiger partial charge on any atom is -0.393 e. The Morgan fingerprint density at radius 1 is 1.53 bits per heavy atom. The molecule has 0 amide bonds. The van der Waals surface area contributed by atoms with E-state index in [4.69, 9.17) is 5.73 Å². The molecule has 1 atom stereocenters. The molecule has 0 bridgehead atoms. The Bertz CT molecular complexity index is 338. The zero-order chi connectivity index (χ0) is 12.3. The summed E-state index contributed by atoms with van der Waals surface area (Å²) in [6.45, 7) is 1.55. The summed E-state index contributed by atoms with van der Waals surface area (Å²) in [5, 5.41) is 9.29. The minimum absolute atomic E-state index is 0.0837. The molecule has 1 aliphatic rings. The van der Waals surface area contributed by atoms with Crippen molar-refractivity contribution in [1.82, 2.24) is 9.88 Å². The standard InChI is InChI=1S/C13H21N3O/c1-16(9-10-6-11(17)7-10)13(8-14)12-4-2-3-5-15-12/h2-5,10-11,13,17H,6-9,14H2,1H3. The van der Waals surface area contributed by atoms with Gasteiger partial charge in [0.2, 0.25) is 0 Å². The van der Waals surface area contributed by atoms with E-state index in [0.717, 1.165) is 25.1 Å². The maximum absolute atomic E-state index is 9.29. The molecule has 0 aliphatic heterocycles. The molecule has 3 N–H and O–H groups in total. The maximum atomic E-state index is 9.29. The largest absolute Gasteiger partial charge is 0.393 e. The molecule has 1 fully saturated rings. The third-order valence-corrected chi connectivity index (χ3v) is 3.54. The van der Waals surface area contributed by atoms with E-state index in [-0.39, 0.29) is 12.1 Å². The van der Waals surface area contributed by atoms with Crippen molar-refractivity contribution in [2.75, 3.05) is 20.1 Å². The molecule has 1 heterocycles. The topological polar surface area (TPSA) is 62.4 Å². The summed E-state index contributed by atoms with van der Waals surface area (Å²) in [6, 6.07) is 6.10. The van der Waals surface area contributed by atoms with Crippen LogP contribution in [-0.2, 0) is 0 Å². The predicted molar refractivity (Wildman–Crippen MR) is 67.4 cm³/mol. The molecular formula is C13H21N3O. The van der Waals surface area contributed by atoms with E-state index < -0.39 is 0 Å². The van der Waals surface area contributed by atoms with Crippen LogP contribution in [0, 0.1) is 5.92 Å². The zero-order valence-electron chi connectivity index (χ0n) is 10.3. The third-order valence-electron chi connectivity index (χ3n) is 3.54. The van der Waals surface area contributed by atoms with Crippen molar-refractivity contribution in [3.05, 3.63) is 30.1 Å². The fourth-order valence-electron chi connectivity index (χ4n) is 2.48. The summed E-state index contributed by atoms with van der Waals surface area (Å²) in [4.78, 5) is 6.61. The number of rotatable bonds is 5. The van der Waals surface area contributed by atoms with E-state index >= 15 is 0 Å². The van der Waals surface area contributed by atoms with Gasteiger partial charge in [-0.1, -0.05) is 6.07 Å². The summed E-state index contributed by atoms with van der Waals surface area (Å²) in [5.41, 5.74) is 6.86. The Morgan fingerprint density at radius 3 is 2.82 bits per heavy atom. The fraction of sp³-hybridized carbons (Fsp3) is 0.615. The Hall–Kier alpha value is -0.970. The Kier molecular flexibility index (Phi) is 4.10. The van der Waals surface area contributed by atoms with Crippen LogP contribution in [0.4, 0.5) is 0 Å². The van der Waals surface area contributed by atoms with Crippen molar-refractivity contribution in [3.63, 3.8) is 0 Å². The van der Waals surface area contributed by atoms with Gasteiger partial charge < -0.3 is 10.8 Å². The fourth-order valence-corrected chi connectivity index (χ4v) is 2.48. The first-order chi connectivity index (χ1) is 8.20. The van der Waals surface area contributed by atoms with E-state index in [1.165, 1.54) is 0 Å². The van der Waals surface area contributed by atoms with Gasteiger partial charge in [0.1, 0.15) is 0 Å². The average Bonchev–Trinajstić information content (AvgIpc) is 2.29. The zero-order valence-corrected chi connectivity index (χ0v) is 10.3. The third kappa shape index (κ3) is 3.03. The van der Waals surface area contributed by atoms with Crippen LogP contribution in [-0.4, -0.2) is 41.2 Å². The Balaban J connectivity index is 1.93. The van der Waals surface area contributed by atoms with E-state index in [1.807, 2.05) is 18.2 Å². The van der Waals surface area contributed by atoms with Crippen molar-refractivity contribution >= 4 is 0 Å². The number of nitrogens with zero attached hydrogens (tertiary/aromatic N) is 2. The maximum Gasteiger partial charge on any atom is 0.0642 e. The molecule has 17 heavy (non-hydrogen) atoms. The molecule has 4 heteroatoms. The minimum atomic E-state index is -0.0837. The van der Waals surface area contributed by atoms with Crippen LogP contribution >= 0.6 is 0 Å². The van der Waals surface area contributed by atoms with Gasteiger partial charge >= 0.3 is 0 Å². The summed E-state index contributed by atoms with van der Waals surface area (Å²) >= 11 is 0.